The molecule has 2 fully saturated rings. The molecule has 0 spiro atoms. The number of carbonyl (C=O) groups excluding carboxylic acids is 2. The van der Waals surface area contributed by atoms with Crippen LogP contribution < -0.4 is 5.32 Å². The maximum absolute atomic E-state index is 13.1. The van der Waals surface area contributed by atoms with Crippen molar-refractivity contribution in [3.63, 3.8) is 0 Å². The highest BCUT2D eigenvalue weighted by Gasteiger charge is 2.40. The van der Waals surface area contributed by atoms with E-state index in [9.17, 15) is 31.2 Å². The minimum Gasteiger partial charge on any atom is -0.347 e. The van der Waals surface area contributed by atoms with Crippen molar-refractivity contribution >= 4 is 21.8 Å². The second-order valence-electron chi connectivity index (χ2n) is 8.77. The third-order valence-electron chi connectivity index (χ3n) is 6.38. The number of rotatable bonds is 5. The molecule has 11 heteroatoms. The number of carbonyl (C=O) groups is 2. The molecule has 2 aliphatic heterocycles. The van der Waals surface area contributed by atoms with E-state index < -0.39 is 38.5 Å². The summed E-state index contributed by atoms with van der Waals surface area (Å²) < 4.78 is 66.5. The van der Waals surface area contributed by atoms with Gasteiger partial charge < -0.3 is 10.2 Å². The van der Waals surface area contributed by atoms with Gasteiger partial charge in [0.25, 0.3) is 5.91 Å². The Hall–Kier alpha value is -2.40. The number of likely N-dealkylation sites (tertiary alicyclic amines) is 1. The van der Waals surface area contributed by atoms with Crippen molar-refractivity contribution < 1.29 is 31.2 Å². The van der Waals surface area contributed by atoms with Crippen molar-refractivity contribution in [1.29, 1.82) is 0 Å². The molecule has 0 aromatic heterocycles. The molecule has 2 saturated heterocycles. The van der Waals surface area contributed by atoms with Gasteiger partial charge in [0, 0.05) is 37.3 Å². The Bertz CT molecular complexity index is 1010. The van der Waals surface area contributed by atoms with Gasteiger partial charge in [-0.25, -0.2) is 12.7 Å². The Balaban J connectivity index is 1.59. The summed E-state index contributed by atoms with van der Waals surface area (Å²) in [4.78, 5) is 25.7. The summed E-state index contributed by atoms with van der Waals surface area (Å²) >= 11 is 0. The maximum atomic E-state index is 13.1. The monoisotopic (exact) mass is 487 g/mol. The van der Waals surface area contributed by atoms with Crippen LogP contribution in [0.5, 0.6) is 0 Å². The topological polar surface area (TPSA) is 86.8 Å². The van der Waals surface area contributed by atoms with Crippen LogP contribution in [0.2, 0.25) is 0 Å². The number of hydrogen-bond donors (Lipinski definition) is 1. The largest absolute Gasteiger partial charge is 0.416 e. The quantitative estimate of drug-likeness (QED) is 0.648. The molecule has 0 saturated carbocycles. The van der Waals surface area contributed by atoms with Gasteiger partial charge in [0.05, 0.1) is 10.8 Å². The van der Waals surface area contributed by atoms with E-state index in [2.05, 4.69) is 11.9 Å². The van der Waals surface area contributed by atoms with Crippen molar-refractivity contribution in [2.75, 3.05) is 26.2 Å². The second kappa shape index (κ2) is 9.46. The first kappa shape index (κ1) is 25.2. The standard InChI is InChI=1S/C22H28F3N3O4S/c1-3-19(29)26-21(2)9-13-28(14-10-21)33(31,32)18-7-11-27(12-8-18)20(30)16-5-4-6-17(15-16)22(23,24)25/h3-6,15,18H,1,7-14H2,2H3,(H,26,29). The summed E-state index contributed by atoms with van der Waals surface area (Å²) in [7, 11) is -3.60. The van der Waals surface area contributed by atoms with Gasteiger partial charge in [-0.15, -0.1) is 0 Å². The first-order valence-electron chi connectivity index (χ1n) is 10.8. The van der Waals surface area contributed by atoms with Gasteiger partial charge in [0.15, 0.2) is 0 Å². The van der Waals surface area contributed by atoms with Crippen LogP contribution in [0.1, 0.15) is 48.5 Å². The highest BCUT2D eigenvalue weighted by Crippen LogP contribution is 2.31. The zero-order valence-corrected chi connectivity index (χ0v) is 19.2. The number of piperidine rings is 2. The van der Waals surface area contributed by atoms with E-state index in [1.165, 1.54) is 27.4 Å². The molecule has 7 nitrogen and oxygen atoms in total. The molecule has 0 aliphatic carbocycles. The van der Waals surface area contributed by atoms with Crippen molar-refractivity contribution in [1.82, 2.24) is 14.5 Å². The summed E-state index contributed by atoms with van der Waals surface area (Å²) in [5.74, 6) is -0.838. The Morgan fingerprint density at radius 3 is 2.30 bits per heavy atom. The van der Waals surface area contributed by atoms with E-state index in [1.54, 1.807) is 0 Å². The van der Waals surface area contributed by atoms with Crippen molar-refractivity contribution in [3.05, 3.63) is 48.0 Å². The number of sulfonamides is 1. The molecule has 1 N–H and O–H groups in total. The molecule has 0 atom stereocenters. The van der Waals surface area contributed by atoms with E-state index in [1.807, 2.05) is 6.92 Å². The fourth-order valence-electron chi connectivity index (χ4n) is 4.29. The van der Waals surface area contributed by atoms with Crippen LogP contribution in [0.15, 0.2) is 36.9 Å². The molecule has 2 aliphatic rings. The van der Waals surface area contributed by atoms with Gasteiger partial charge in [-0.3, -0.25) is 9.59 Å². The molecular formula is C22H28F3N3O4S. The average Bonchev–Trinajstić information content (AvgIpc) is 2.78. The Labute approximate surface area is 191 Å². The first-order chi connectivity index (χ1) is 15.4. The van der Waals surface area contributed by atoms with Crippen LogP contribution >= 0.6 is 0 Å². The number of nitrogens with zero attached hydrogens (tertiary/aromatic N) is 2. The minimum atomic E-state index is -4.55. The number of benzene rings is 1. The van der Waals surface area contributed by atoms with Crippen LogP contribution in [0.3, 0.4) is 0 Å². The Kier molecular flexibility index (Phi) is 7.23. The van der Waals surface area contributed by atoms with E-state index in [4.69, 9.17) is 0 Å². The molecule has 0 radical (unpaired) electrons. The van der Waals surface area contributed by atoms with Gasteiger partial charge >= 0.3 is 6.18 Å². The first-order valence-corrected chi connectivity index (χ1v) is 12.3. The smallest absolute Gasteiger partial charge is 0.347 e. The van der Waals surface area contributed by atoms with Gasteiger partial charge in [-0.05, 0) is 56.9 Å². The molecule has 0 unspecified atom stereocenters. The number of halogens is 3. The van der Waals surface area contributed by atoms with Crippen LogP contribution in [-0.4, -0.2) is 66.4 Å². The van der Waals surface area contributed by atoms with Gasteiger partial charge in [0.1, 0.15) is 0 Å². The second-order valence-corrected chi connectivity index (χ2v) is 11.0. The molecule has 182 valence electrons. The third kappa shape index (κ3) is 5.75. The van der Waals surface area contributed by atoms with Gasteiger partial charge in [-0.2, -0.15) is 13.2 Å². The van der Waals surface area contributed by atoms with Crippen molar-refractivity contribution in [3.8, 4) is 0 Å². The lowest BCUT2D eigenvalue weighted by Gasteiger charge is -2.41. The highest BCUT2D eigenvalue weighted by molar-refractivity contribution is 7.89. The van der Waals surface area contributed by atoms with Gasteiger partial charge in [-0.1, -0.05) is 12.6 Å². The summed E-state index contributed by atoms with van der Waals surface area (Å²) in [6.07, 6.45) is -1.99. The van der Waals surface area contributed by atoms with Gasteiger partial charge in [0.2, 0.25) is 15.9 Å². The highest BCUT2D eigenvalue weighted by atomic mass is 32.2. The van der Waals surface area contributed by atoms with Crippen LogP contribution in [-0.2, 0) is 21.0 Å². The summed E-state index contributed by atoms with van der Waals surface area (Å²) in [6.45, 7) is 6.16. The number of alkyl halides is 3. The van der Waals surface area contributed by atoms with Crippen molar-refractivity contribution in [2.24, 2.45) is 0 Å². The zero-order valence-electron chi connectivity index (χ0n) is 18.4. The molecule has 1 aromatic carbocycles. The summed E-state index contributed by atoms with van der Waals surface area (Å²) in [6, 6.07) is 4.24. The van der Waals surface area contributed by atoms with Crippen molar-refractivity contribution in [2.45, 2.75) is 49.6 Å². The minimum absolute atomic E-state index is 0.0666. The summed E-state index contributed by atoms with van der Waals surface area (Å²) in [5, 5.41) is 2.19. The number of hydrogen-bond acceptors (Lipinski definition) is 4. The van der Waals surface area contributed by atoms with E-state index in [0.29, 0.717) is 12.8 Å². The molecule has 2 heterocycles. The zero-order chi connectivity index (χ0) is 24.4. The molecule has 33 heavy (non-hydrogen) atoms. The lowest BCUT2D eigenvalue weighted by molar-refractivity contribution is -0.137. The van der Waals surface area contributed by atoms with Crippen LogP contribution in [0, 0.1) is 0 Å². The summed E-state index contributed by atoms with van der Waals surface area (Å²) in [5.41, 5.74) is -1.46. The fraction of sp³-hybridized carbons (Fsp3) is 0.545. The fourth-order valence-corrected chi connectivity index (χ4v) is 6.21. The molecular weight excluding hydrogens is 459 g/mol. The molecule has 2 amide bonds. The maximum Gasteiger partial charge on any atom is 0.416 e. The molecule has 0 bridgehead atoms. The Morgan fingerprint density at radius 1 is 1.15 bits per heavy atom. The number of amides is 2. The third-order valence-corrected chi connectivity index (χ3v) is 8.78. The number of nitrogens with one attached hydrogen (secondary N) is 1. The lowest BCUT2D eigenvalue weighted by atomic mass is 9.90. The molecule has 1 aromatic rings. The lowest BCUT2D eigenvalue weighted by Crippen LogP contribution is -2.56. The molecule has 3 rings (SSSR count). The normalized spacial score (nSPS) is 20.3. The predicted molar refractivity (Wildman–Crippen MR) is 117 cm³/mol. The van der Waals surface area contributed by atoms with Crippen LogP contribution in [0.25, 0.3) is 0 Å². The average molecular weight is 488 g/mol. The SMILES string of the molecule is C=CC(=O)NC1(C)CCN(S(=O)(=O)C2CCN(C(=O)c3cccc(C(F)(F)F)c3)CC2)CC1. The predicted octanol–water partition coefficient (Wildman–Crippen LogP) is 2.80. The van der Waals surface area contributed by atoms with Crippen LogP contribution in [0.4, 0.5) is 13.2 Å². The van der Waals surface area contributed by atoms with E-state index in [0.717, 1.165) is 12.1 Å². The van der Waals surface area contributed by atoms with E-state index in [-0.39, 0.29) is 50.5 Å². The Morgan fingerprint density at radius 2 is 1.76 bits per heavy atom. The van der Waals surface area contributed by atoms with E-state index >= 15 is 0 Å².